The van der Waals surface area contributed by atoms with Crippen molar-refractivity contribution < 1.29 is 28.6 Å². The molecule has 0 radical (unpaired) electrons. The fraction of sp³-hybridized carbons (Fsp3) is 0.698. The van der Waals surface area contributed by atoms with Crippen LogP contribution in [0.3, 0.4) is 0 Å². The Morgan fingerprint density at radius 3 is 0.913 bits per heavy atom. The van der Waals surface area contributed by atoms with Crippen molar-refractivity contribution in [2.24, 2.45) is 0 Å². The molecule has 394 valence electrons. The molecule has 0 aromatic rings. The average molecular weight is 960 g/mol. The molecule has 0 rings (SSSR count). The Morgan fingerprint density at radius 2 is 0.565 bits per heavy atom. The fourth-order valence-corrected chi connectivity index (χ4v) is 7.77. The number of hydrogen-bond acceptors (Lipinski definition) is 6. The van der Waals surface area contributed by atoms with Crippen molar-refractivity contribution in [2.45, 2.75) is 271 Å². The van der Waals surface area contributed by atoms with Crippen molar-refractivity contribution in [3.05, 3.63) is 97.2 Å². The van der Waals surface area contributed by atoms with Gasteiger partial charge in [-0.05, 0) is 103 Å². The van der Waals surface area contributed by atoms with E-state index in [-0.39, 0.29) is 31.1 Å². The molecular formula is C63H106O6. The first kappa shape index (κ1) is 65.3. The molecule has 1 unspecified atom stereocenters. The lowest BCUT2D eigenvalue weighted by Gasteiger charge is -2.18. The first-order valence-electron chi connectivity index (χ1n) is 28.7. The SMILES string of the molecule is CC/C=C\C/C=C\C/C=C\C/C=C\C/C=C\C/C=C\CCCCC(=O)OCC(COC(=O)CCCCCCCCCCC)OC(=O)CCCCCCCCCCC/C=C\C/C=C\CCCCCCC. The predicted molar refractivity (Wildman–Crippen MR) is 297 cm³/mol. The van der Waals surface area contributed by atoms with Gasteiger partial charge in [-0.2, -0.15) is 0 Å². The van der Waals surface area contributed by atoms with Crippen LogP contribution >= 0.6 is 0 Å². The van der Waals surface area contributed by atoms with Crippen LogP contribution < -0.4 is 0 Å². The van der Waals surface area contributed by atoms with Crippen molar-refractivity contribution >= 4 is 17.9 Å². The van der Waals surface area contributed by atoms with Crippen LogP contribution in [0.15, 0.2) is 97.2 Å². The largest absolute Gasteiger partial charge is 0.462 e. The van der Waals surface area contributed by atoms with Gasteiger partial charge >= 0.3 is 17.9 Å². The number of allylic oxidation sites excluding steroid dienone is 16. The van der Waals surface area contributed by atoms with E-state index in [2.05, 4.69) is 118 Å². The fourth-order valence-electron chi connectivity index (χ4n) is 7.77. The third-order valence-electron chi connectivity index (χ3n) is 12.1. The quantitative estimate of drug-likeness (QED) is 0.0262. The Labute approximate surface area is 426 Å². The second kappa shape index (κ2) is 56.9. The van der Waals surface area contributed by atoms with E-state index in [1.165, 1.54) is 122 Å². The second-order valence-electron chi connectivity index (χ2n) is 18.8. The van der Waals surface area contributed by atoms with Crippen LogP contribution in [0.4, 0.5) is 0 Å². The Kier molecular flexibility index (Phi) is 53.9. The highest BCUT2D eigenvalue weighted by Gasteiger charge is 2.19. The average Bonchev–Trinajstić information content (AvgIpc) is 3.35. The van der Waals surface area contributed by atoms with E-state index in [0.717, 1.165) is 103 Å². The summed E-state index contributed by atoms with van der Waals surface area (Å²) in [5, 5.41) is 0. The topological polar surface area (TPSA) is 78.9 Å². The van der Waals surface area contributed by atoms with Crippen LogP contribution in [-0.4, -0.2) is 37.2 Å². The van der Waals surface area contributed by atoms with Gasteiger partial charge in [-0.15, -0.1) is 0 Å². The first-order chi connectivity index (χ1) is 34.0. The molecule has 0 amide bonds. The van der Waals surface area contributed by atoms with Crippen LogP contribution in [0.1, 0.15) is 265 Å². The number of esters is 3. The summed E-state index contributed by atoms with van der Waals surface area (Å²) in [5.74, 6) is -0.942. The number of rotatable bonds is 51. The summed E-state index contributed by atoms with van der Waals surface area (Å²) in [4.78, 5) is 38.0. The number of hydrogen-bond donors (Lipinski definition) is 0. The van der Waals surface area contributed by atoms with Crippen LogP contribution in [0.5, 0.6) is 0 Å². The van der Waals surface area contributed by atoms with E-state index in [0.29, 0.717) is 19.3 Å². The molecule has 1 atom stereocenters. The van der Waals surface area contributed by atoms with Gasteiger partial charge in [0.1, 0.15) is 13.2 Å². The third kappa shape index (κ3) is 55.1. The van der Waals surface area contributed by atoms with Gasteiger partial charge in [-0.1, -0.05) is 240 Å². The van der Waals surface area contributed by atoms with E-state index >= 15 is 0 Å². The highest BCUT2D eigenvalue weighted by Crippen LogP contribution is 2.15. The number of carbonyl (C=O) groups is 3. The summed E-state index contributed by atoms with van der Waals surface area (Å²) in [5.41, 5.74) is 0. The van der Waals surface area contributed by atoms with Crippen LogP contribution in [0.2, 0.25) is 0 Å². The van der Waals surface area contributed by atoms with Crippen molar-refractivity contribution in [2.75, 3.05) is 13.2 Å². The van der Waals surface area contributed by atoms with E-state index in [1.54, 1.807) is 0 Å². The molecule has 0 heterocycles. The zero-order chi connectivity index (χ0) is 50.0. The highest BCUT2D eigenvalue weighted by atomic mass is 16.6. The van der Waals surface area contributed by atoms with Gasteiger partial charge in [0, 0.05) is 19.3 Å². The second-order valence-corrected chi connectivity index (χ2v) is 18.8. The van der Waals surface area contributed by atoms with Crippen molar-refractivity contribution in [1.82, 2.24) is 0 Å². The molecular weight excluding hydrogens is 853 g/mol. The van der Waals surface area contributed by atoms with E-state index < -0.39 is 6.10 Å². The van der Waals surface area contributed by atoms with Crippen molar-refractivity contribution in [3.8, 4) is 0 Å². The summed E-state index contributed by atoms with van der Waals surface area (Å²) in [6.45, 7) is 6.46. The summed E-state index contributed by atoms with van der Waals surface area (Å²) < 4.78 is 16.8. The van der Waals surface area contributed by atoms with E-state index in [4.69, 9.17) is 14.2 Å². The molecule has 69 heavy (non-hydrogen) atoms. The zero-order valence-corrected chi connectivity index (χ0v) is 45.0. The van der Waals surface area contributed by atoms with Crippen molar-refractivity contribution in [1.29, 1.82) is 0 Å². The molecule has 0 bridgehead atoms. The number of ether oxygens (including phenoxy) is 3. The summed E-state index contributed by atoms with van der Waals surface area (Å²) in [7, 11) is 0. The molecule has 0 aliphatic carbocycles. The molecule has 0 aliphatic heterocycles. The van der Waals surface area contributed by atoms with Gasteiger partial charge in [0.25, 0.3) is 0 Å². The Bertz CT molecular complexity index is 1380. The van der Waals surface area contributed by atoms with E-state index in [1.807, 2.05) is 0 Å². The van der Waals surface area contributed by atoms with E-state index in [9.17, 15) is 14.4 Å². The van der Waals surface area contributed by atoms with Gasteiger partial charge in [0.05, 0.1) is 0 Å². The van der Waals surface area contributed by atoms with Crippen molar-refractivity contribution in [3.63, 3.8) is 0 Å². The van der Waals surface area contributed by atoms with Gasteiger partial charge in [0.2, 0.25) is 0 Å². The number of unbranched alkanes of at least 4 members (excludes halogenated alkanes) is 24. The van der Waals surface area contributed by atoms with Gasteiger partial charge < -0.3 is 14.2 Å². The molecule has 0 aromatic heterocycles. The summed E-state index contributed by atoms with van der Waals surface area (Å²) in [6.07, 6.45) is 75.5. The van der Waals surface area contributed by atoms with Gasteiger partial charge in [-0.25, -0.2) is 0 Å². The normalized spacial score (nSPS) is 12.8. The van der Waals surface area contributed by atoms with Crippen LogP contribution in [0.25, 0.3) is 0 Å². The minimum Gasteiger partial charge on any atom is -0.462 e. The lowest BCUT2D eigenvalue weighted by molar-refractivity contribution is -0.167. The predicted octanol–water partition coefficient (Wildman–Crippen LogP) is 19.3. The third-order valence-corrected chi connectivity index (χ3v) is 12.1. The molecule has 6 nitrogen and oxygen atoms in total. The number of carbonyl (C=O) groups excluding carboxylic acids is 3. The lowest BCUT2D eigenvalue weighted by atomic mass is 10.1. The van der Waals surface area contributed by atoms with Crippen LogP contribution in [0, 0.1) is 0 Å². The first-order valence-corrected chi connectivity index (χ1v) is 28.7. The molecule has 0 spiro atoms. The maximum atomic E-state index is 12.8. The molecule has 0 saturated heterocycles. The van der Waals surface area contributed by atoms with Crippen LogP contribution in [-0.2, 0) is 28.6 Å². The monoisotopic (exact) mass is 959 g/mol. The molecule has 0 N–H and O–H groups in total. The minimum atomic E-state index is -0.797. The maximum absolute atomic E-state index is 12.8. The lowest BCUT2D eigenvalue weighted by Crippen LogP contribution is -2.30. The minimum absolute atomic E-state index is 0.0924. The standard InChI is InChI=1S/C63H106O6/c1-4-7-10-13-16-19-21-23-25-27-29-31-33-35-37-39-41-44-47-50-53-56-62(65)68-59-60(58-67-61(64)55-52-49-46-43-18-15-12-9-6-3)69-63(66)57-54-51-48-45-42-40-38-36-34-32-30-28-26-24-22-20-17-14-11-8-5-2/h7,10,16,19,22-25,28-31,35,37,41,44,60H,4-6,8-9,11-15,17-18,20-21,26-27,32-34,36,38-40,42-43,45-59H2,1-3H3/b10-7-,19-16-,24-22-,25-23-,30-28-,31-29-,37-35-,44-41-. The Morgan fingerprint density at radius 1 is 0.304 bits per heavy atom. The Hall–Kier alpha value is -3.67. The Balaban J connectivity index is 4.37. The smallest absolute Gasteiger partial charge is 0.306 e. The molecule has 0 aliphatic rings. The summed E-state index contributed by atoms with van der Waals surface area (Å²) in [6, 6.07) is 0. The summed E-state index contributed by atoms with van der Waals surface area (Å²) >= 11 is 0. The molecule has 0 aromatic carbocycles. The van der Waals surface area contributed by atoms with Gasteiger partial charge in [0.15, 0.2) is 6.10 Å². The molecule has 0 fully saturated rings. The highest BCUT2D eigenvalue weighted by molar-refractivity contribution is 5.71. The molecule has 6 heteroatoms. The molecule has 0 saturated carbocycles. The maximum Gasteiger partial charge on any atom is 0.306 e. The van der Waals surface area contributed by atoms with Gasteiger partial charge in [-0.3, -0.25) is 14.4 Å². The zero-order valence-electron chi connectivity index (χ0n) is 45.0.